The zero-order valence-corrected chi connectivity index (χ0v) is 13.5. The number of hydrogen-bond acceptors (Lipinski definition) is 1. The lowest BCUT2D eigenvalue weighted by Gasteiger charge is -2.09. The molecule has 0 spiro atoms. The van der Waals surface area contributed by atoms with Gasteiger partial charge in [0, 0.05) is 22.5 Å². The zero-order valence-electron chi connectivity index (χ0n) is 11.1. The standard InChI is InChI=1S/C16H15BrClNO/c1-11-5-6-14(18)8-15(11)16(20)19-10-13-4-2-3-12(7-13)9-17/h2-8H,9-10H2,1H3,(H,19,20). The lowest BCUT2D eigenvalue weighted by Crippen LogP contribution is -2.23. The van der Waals surface area contributed by atoms with Gasteiger partial charge in [0.25, 0.3) is 5.91 Å². The topological polar surface area (TPSA) is 29.1 Å². The molecule has 1 N–H and O–H groups in total. The third-order valence-corrected chi connectivity index (χ3v) is 3.93. The van der Waals surface area contributed by atoms with Gasteiger partial charge in [-0.25, -0.2) is 0 Å². The van der Waals surface area contributed by atoms with Gasteiger partial charge >= 0.3 is 0 Å². The third kappa shape index (κ3) is 3.84. The van der Waals surface area contributed by atoms with Crippen LogP contribution in [0.1, 0.15) is 27.0 Å². The lowest BCUT2D eigenvalue weighted by atomic mass is 10.1. The van der Waals surface area contributed by atoms with Crippen molar-refractivity contribution in [2.75, 3.05) is 0 Å². The van der Waals surface area contributed by atoms with Crippen molar-refractivity contribution in [2.45, 2.75) is 18.8 Å². The quantitative estimate of drug-likeness (QED) is 0.808. The molecule has 0 heterocycles. The van der Waals surface area contributed by atoms with Gasteiger partial charge in [0.05, 0.1) is 0 Å². The average molecular weight is 353 g/mol. The summed E-state index contributed by atoms with van der Waals surface area (Å²) in [5.41, 5.74) is 3.81. The molecule has 0 fully saturated rings. The molecule has 0 aliphatic rings. The van der Waals surface area contributed by atoms with Crippen LogP contribution >= 0.6 is 27.5 Å². The number of amides is 1. The van der Waals surface area contributed by atoms with Crippen LogP contribution in [0.3, 0.4) is 0 Å². The molecule has 0 unspecified atom stereocenters. The van der Waals surface area contributed by atoms with Crippen LogP contribution in [-0.2, 0) is 11.9 Å². The number of halogens is 2. The van der Waals surface area contributed by atoms with Crippen molar-refractivity contribution >= 4 is 33.4 Å². The number of alkyl halides is 1. The SMILES string of the molecule is Cc1ccc(Cl)cc1C(=O)NCc1cccc(CBr)c1. The van der Waals surface area contributed by atoms with E-state index in [4.69, 9.17) is 11.6 Å². The number of rotatable bonds is 4. The van der Waals surface area contributed by atoms with Crippen LogP contribution in [-0.4, -0.2) is 5.91 Å². The third-order valence-electron chi connectivity index (χ3n) is 3.04. The Morgan fingerprint density at radius 3 is 2.70 bits per heavy atom. The van der Waals surface area contributed by atoms with E-state index < -0.39 is 0 Å². The summed E-state index contributed by atoms with van der Waals surface area (Å²) in [4.78, 5) is 12.2. The minimum atomic E-state index is -0.103. The molecule has 2 aromatic carbocycles. The Morgan fingerprint density at radius 1 is 1.20 bits per heavy atom. The Morgan fingerprint density at radius 2 is 1.95 bits per heavy atom. The molecule has 0 aliphatic heterocycles. The molecule has 0 atom stereocenters. The second kappa shape index (κ2) is 6.91. The number of carbonyl (C=O) groups excluding carboxylic acids is 1. The van der Waals surface area contributed by atoms with Gasteiger partial charge in [-0.2, -0.15) is 0 Å². The van der Waals surface area contributed by atoms with E-state index in [0.717, 1.165) is 16.5 Å². The van der Waals surface area contributed by atoms with E-state index in [1.807, 2.05) is 31.2 Å². The van der Waals surface area contributed by atoms with E-state index in [2.05, 4.69) is 27.3 Å². The first kappa shape index (κ1) is 15.1. The fraction of sp³-hybridized carbons (Fsp3) is 0.188. The largest absolute Gasteiger partial charge is 0.348 e. The van der Waals surface area contributed by atoms with E-state index in [1.54, 1.807) is 12.1 Å². The maximum atomic E-state index is 12.2. The summed E-state index contributed by atoms with van der Waals surface area (Å²) < 4.78 is 0. The summed E-state index contributed by atoms with van der Waals surface area (Å²) in [7, 11) is 0. The Kier molecular flexibility index (Phi) is 5.21. The number of hydrogen-bond donors (Lipinski definition) is 1. The van der Waals surface area contributed by atoms with Gasteiger partial charge in [-0.05, 0) is 35.7 Å². The van der Waals surface area contributed by atoms with Crippen LogP contribution in [0.4, 0.5) is 0 Å². The lowest BCUT2D eigenvalue weighted by molar-refractivity contribution is 0.0950. The first-order valence-corrected chi connectivity index (χ1v) is 7.78. The van der Waals surface area contributed by atoms with Crippen LogP contribution in [0.25, 0.3) is 0 Å². The Labute approximate surface area is 132 Å². The summed E-state index contributed by atoms with van der Waals surface area (Å²) in [5, 5.41) is 4.30. The zero-order chi connectivity index (χ0) is 14.5. The number of carbonyl (C=O) groups is 1. The van der Waals surface area contributed by atoms with Crippen LogP contribution in [0.15, 0.2) is 42.5 Å². The summed E-state index contributed by atoms with van der Waals surface area (Å²) in [6.45, 7) is 2.41. The molecule has 2 rings (SSSR count). The summed E-state index contributed by atoms with van der Waals surface area (Å²) >= 11 is 9.36. The molecule has 0 bridgehead atoms. The molecule has 0 aliphatic carbocycles. The van der Waals surface area contributed by atoms with E-state index in [9.17, 15) is 4.79 Å². The smallest absolute Gasteiger partial charge is 0.251 e. The van der Waals surface area contributed by atoms with Gasteiger partial charge < -0.3 is 5.32 Å². The van der Waals surface area contributed by atoms with Crippen LogP contribution in [0.2, 0.25) is 5.02 Å². The molecular formula is C16H15BrClNO. The van der Waals surface area contributed by atoms with Crippen LogP contribution in [0.5, 0.6) is 0 Å². The average Bonchev–Trinajstić information content (AvgIpc) is 2.47. The highest BCUT2D eigenvalue weighted by Crippen LogP contribution is 2.15. The van der Waals surface area contributed by atoms with Crippen molar-refractivity contribution < 1.29 is 4.79 Å². The van der Waals surface area contributed by atoms with Crippen molar-refractivity contribution in [3.63, 3.8) is 0 Å². The highest BCUT2D eigenvalue weighted by Gasteiger charge is 2.09. The van der Waals surface area contributed by atoms with Crippen molar-refractivity contribution in [1.82, 2.24) is 5.32 Å². The molecule has 0 saturated carbocycles. The monoisotopic (exact) mass is 351 g/mol. The Hall–Kier alpha value is -1.32. The molecular weight excluding hydrogens is 338 g/mol. The highest BCUT2D eigenvalue weighted by atomic mass is 79.9. The number of nitrogens with one attached hydrogen (secondary N) is 1. The molecule has 4 heteroatoms. The maximum absolute atomic E-state index is 12.2. The summed E-state index contributed by atoms with van der Waals surface area (Å²) in [5.74, 6) is -0.103. The highest BCUT2D eigenvalue weighted by molar-refractivity contribution is 9.08. The van der Waals surface area contributed by atoms with Gasteiger partial charge in [0.15, 0.2) is 0 Å². The Bertz CT molecular complexity index is 628. The maximum Gasteiger partial charge on any atom is 0.251 e. The van der Waals surface area contributed by atoms with E-state index >= 15 is 0 Å². The van der Waals surface area contributed by atoms with Crippen molar-refractivity contribution in [1.29, 1.82) is 0 Å². The first-order valence-electron chi connectivity index (χ1n) is 6.28. The minimum absolute atomic E-state index is 0.103. The second-order valence-electron chi connectivity index (χ2n) is 4.60. The minimum Gasteiger partial charge on any atom is -0.348 e. The summed E-state index contributed by atoms with van der Waals surface area (Å²) in [6, 6.07) is 13.4. The van der Waals surface area contributed by atoms with Crippen molar-refractivity contribution in [2.24, 2.45) is 0 Å². The van der Waals surface area contributed by atoms with Crippen molar-refractivity contribution in [3.8, 4) is 0 Å². The molecule has 2 aromatic rings. The van der Waals surface area contributed by atoms with Gasteiger partial charge in [-0.1, -0.05) is 57.9 Å². The predicted molar refractivity (Wildman–Crippen MR) is 86.4 cm³/mol. The molecule has 104 valence electrons. The number of aryl methyl sites for hydroxylation is 1. The first-order chi connectivity index (χ1) is 9.60. The van der Waals surface area contributed by atoms with Gasteiger partial charge in [0.2, 0.25) is 0 Å². The predicted octanol–water partition coefficient (Wildman–Crippen LogP) is 4.47. The molecule has 0 saturated heterocycles. The fourth-order valence-corrected chi connectivity index (χ4v) is 2.46. The second-order valence-corrected chi connectivity index (χ2v) is 5.59. The van der Waals surface area contributed by atoms with E-state index in [-0.39, 0.29) is 5.91 Å². The molecule has 1 amide bonds. The molecule has 0 radical (unpaired) electrons. The van der Waals surface area contributed by atoms with E-state index in [1.165, 1.54) is 5.56 Å². The Balaban J connectivity index is 2.06. The van der Waals surface area contributed by atoms with Gasteiger partial charge in [-0.15, -0.1) is 0 Å². The van der Waals surface area contributed by atoms with Crippen LogP contribution in [0, 0.1) is 6.92 Å². The molecule has 2 nitrogen and oxygen atoms in total. The molecule has 20 heavy (non-hydrogen) atoms. The fourth-order valence-electron chi connectivity index (χ4n) is 1.94. The molecule has 0 aromatic heterocycles. The van der Waals surface area contributed by atoms with E-state index in [0.29, 0.717) is 17.1 Å². The normalized spacial score (nSPS) is 10.3. The van der Waals surface area contributed by atoms with Gasteiger partial charge in [-0.3, -0.25) is 4.79 Å². The van der Waals surface area contributed by atoms with Gasteiger partial charge in [0.1, 0.15) is 0 Å². The summed E-state index contributed by atoms with van der Waals surface area (Å²) in [6.07, 6.45) is 0. The number of benzene rings is 2. The van der Waals surface area contributed by atoms with Crippen molar-refractivity contribution in [3.05, 3.63) is 69.7 Å². The van der Waals surface area contributed by atoms with Crippen LogP contribution < -0.4 is 5.32 Å².